The fourth-order valence-electron chi connectivity index (χ4n) is 2.87. The molecular weight excluding hydrogens is 366 g/mol. The number of thiazole rings is 1. The molecule has 3 rings (SSSR count). The highest BCUT2D eigenvalue weighted by atomic mass is 32.1. The second kappa shape index (κ2) is 10.00. The Hall–Kier alpha value is -2.72. The van der Waals surface area contributed by atoms with Crippen molar-refractivity contribution in [2.75, 3.05) is 0 Å². The molecule has 3 nitrogen and oxygen atoms in total. The van der Waals surface area contributed by atoms with Crippen LogP contribution in [0.4, 0.5) is 0 Å². The molecule has 3 aromatic rings. The molecule has 1 heterocycles. The third-order valence-electron chi connectivity index (χ3n) is 4.35. The van der Waals surface area contributed by atoms with Crippen LogP contribution in [0.2, 0.25) is 0 Å². The Morgan fingerprint density at radius 1 is 1.04 bits per heavy atom. The predicted octanol–water partition coefficient (Wildman–Crippen LogP) is 6.69. The third-order valence-corrected chi connectivity index (χ3v) is 5.46. The topological polar surface area (TPSA) is 39.2 Å². The number of aromatic nitrogens is 1. The molecule has 0 saturated heterocycles. The van der Waals surface area contributed by atoms with Crippen LogP contribution in [-0.4, -0.2) is 11.0 Å². The van der Waals surface area contributed by atoms with Crippen LogP contribution >= 0.6 is 11.3 Å². The number of ether oxygens (including phenoxy) is 1. The zero-order valence-corrected chi connectivity index (χ0v) is 17.2. The van der Waals surface area contributed by atoms with Crippen molar-refractivity contribution < 1.29 is 9.53 Å². The molecule has 0 amide bonds. The SMILES string of the molecule is C/C=C/CCC(=O)Oc1ccc(-c2ccc(-c3ncc(CCC)s3)cc2)cc1. The second-order valence-electron chi connectivity index (χ2n) is 6.57. The largest absolute Gasteiger partial charge is 0.427 e. The van der Waals surface area contributed by atoms with E-state index < -0.39 is 0 Å². The average molecular weight is 392 g/mol. The first kappa shape index (κ1) is 20.0. The van der Waals surface area contributed by atoms with E-state index in [9.17, 15) is 4.79 Å². The summed E-state index contributed by atoms with van der Waals surface area (Å²) in [7, 11) is 0. The van der Waals surface area contributed by atoms with Crippen molar-refractivity contribution in [2.45, 2.75) is 39.5 Å². The molecule has 0 aliphatic carbocycles. The van der Waals surface area contributed by atoms with Crippen LogP contribution in [0, 0.1) is 0 Å². The average Bonchev–Trinajstić information content (AvgIpc) is 3.18. The van der Waals surface area contributed by atoms with Crippen molar-refractivity contribution in [3.05, 3.63) is 71.8 Å². The predicted molar refractivity (Wildman–Crippen MR) is 117 cm³/mol. The number of carbonyl (C=O) groups excluding carboxylic acids is 1. The van der Waals surface area contributed by atoms with Gasteiger partial charge in [-0.25, -0.2) is 4.98 Å². The standard InChI is InChI=1S/C24H25NO2S/c1-3-5-6-8-23(26)27-21-15-13-19(14-16-21)18-9-11-20(12-10-18)24-25-17-22(28-24)7-4-2/h3,5,9-17H,4,6-8H2,1-2H3/b5-3+. The lowest BCUT2D eigenvalue weighted by molar-refractivity contribution is -0.134. The van der Waals surface area contributed by atoms with Gasteiger partial charge in [-0.3, -0.25) is 4.79 Å². The van der Waals surface area contributed by atoms with Gasteiger partial charge in [0.25, 0.3) is 0 Å². The number of carbonyl (C=O) groups is 1. The van der Waals surface area contributed by atoms with Crippen LogP contribution < -0.4 is 4.74 Å². The summed E-state index contributed by atoms with van der Waals surface area (Å²) < 4.78 is 5.37. The number of rotatable bonds is 8. The third kappa shape index (κ3) is 5.40. The lowest BCUT2D eigenvalue weighted by atomic mass is 10.0. The number of benzene rings is 2. The number of allylic oxidation sites excluding steroid dienone is 2. The van der Waals surface area contributed by atoms with Gasteiger partial charge in [-0.1, -0.05) is 61.9 Å². The number of nitrogens with zero attached hydrogens (tertiary/aromatic N) is 1. The quantitative estimate of drug-likeness (QED) is 0.244. The summed E-state index contributed by atoms with van der Waals surface area (Å²) >= 11 is 1.76. The molecule has 0 aliphatic heterocycles. The van der Waals surface area contributed by atoms with Crippen LogP contribution in [0.5, 0.6) is 5.75 Å². The smallest absolute Gasteiger partial charge is 0.311 e. The minimum atomic E-state index is -0.207. The Morgan fingerprint density at radius 2 is 1.68 bits per heavy atom. The minimum absolute atomic E-state index is 0.207. The fraction of sp³-hybridized carbons (Fsp3) is 0.250. The van der Waals surface area contributed by atoms with Crippen LogP contribution in [-0.2, 0) is 11.2 Å². The van der Waals surface area contributed by atoms with Gasteiger partial charge >= 0.3 is 5.97 Å². The van der Waals surface area contributed by atoms with Gasteiger partial charge in [0.15, 0.2) is 0 Å². The molecule has 0 saturated carbocycles. The Morgan fingerprint density at radius 3 is 2.32 bits per heavy atom. The first-order valence-electron chi connectivity index (χ1n) is 9.67. The number of hydrogen-bond acceptors (Lipinski definition) is 4. The maximum absolute atomic E-state index is 11.8. The lowest BCUT2D eigenvalue weighted by Gasteiger charge is -2.06. The minimum Gasteiger partial charge on any atom is -0.427 e. The number of hydrogen-bond donors (Lipinski definition) is 0. The van der Waals surface area contributed by atoms with Crippen LogP contribution in [0.25, 0.3) is 21.7 Å². The molecule has 4 heteroatoms. The van der Waals surface area contributed by atoms with E-state index in [-0.39, 0.29) is 5.97 Å². The van der Waals surface area contributed by atoms with Gasteiger partial charge in [0.1, 0.15) is 10.8 Å². The van der Waals surface area contributed by atoms with Crippen molar-refractivity contribution >= 4 is 17.3 Å². The van der Waals surface area contributed by atoms with E-state index in [1.165, 1.54) is 4.88 Å². The van der Waals surface area contributed by atoms with E-state index in [1.807, 2.05) is 49.5 Å². The highest BCUT2D eigenvalue weighted by Crippen LogP contribution is 2.29. The molecule has 0 unspecified atom stereocenters. The van der Waals surface area contributed by atoms with Gasteiger partial charge < -0.3 is 4.74 Å². The molecule has 0 spiro atoms. The summed E-state index contributed by atoms with van der Waals surface area (Å²) in [6.07, 6.45) is 9.21. The first-order valence-corrected chi connectivity index (χ1v) is 10.5. The van der Waals surface area contributed by atoms with Gasteiger partial charge in [-0.2, -0.15) is 0 Å². The van der Waals surface area contributed by atoms with Gasteiger partial charge in [0.05, 0.1) is 0 Å². The summed E-state index contributed by atoms with van der Waals surface area (Å²) in [5, 5.41) is 1.06. The normalized spacial score (nSPS) is 11.1. The molecule has 0 radical (unpaired) electrons. The Balaban J connectivity index is 1.64. The molecule has 0 fully saturated rings. The van der Waals surface area contributed by atoms with Gasteiger partial charge in [0, 0.05) is 23.1 Å². The highest BCUT2D eigenvalue weighted by Gasteiger charge is 2.07. The molecular formula is C24H25NO2S. The lowest BCUT2D eigenvalue weighted by Crippen LogP contribution is -2.06. The van der Waals surface area contributed by atoms with Crippen molar-refractivity contribution in [2.24, 2.45) is 0 Å². The molecule has 0 atom stereocenters. The van der Waals surface area contributed by atoms with Crippen molar-refractivity contribution in [3.8, 4) is 27.4 Å². The molecule has 28 heavy (non-hydrogen) atoms. The number of esters is 1. The molecule has 0 bridgehead atoms. The van der Waals surface area contributed by atoms with Crippen LogP contribution in [0.15, 0.2) is 66.9 Å². The Kier molecular flexibility index (Phi) is 7.15. The van der Waals surface area contributed by atoms with Gasteiger partial charge in [-0.05, 0) is 43.0 Å². The highest BCUT2D eigenvalue weighted by molar-refractivity contribution is 7.15. The second-order valence-corrected chi connectivity index (χ2v) is 7.68. The number of aryl methyl sites for hydroxylation is 1. The zero-order valence-electron chi connectivity index (χ0n) is 16.4. The molecule has 144 valence electrons. The monoisotopic (exact) mass is 391 g/mol. The maximum atomic E-state index is 11.8. The van der Waals surface area contributed by atoms with Crippen LogP contribution in [0.3, 0.4) is 0 Å². The van der Waals surface area contributed by atoms with Crippen LogP contribution in [0.1, 0.15) is 38.0 Å². The molecule has 1 aromatic heterocycles. The van der Waals surface area contributed by atoms with Crippen molar-refractivity contribution in [1.29, 1.82) is 0 Å². The van der Waals surface area contributed by atoms with Crippen molar-refractivity contribution in [3.63, 3.8) is 0 Å². The zero-order chi connectivity index (χ0) is 19.8. The van der Waals surface area contributed by atoms with Gasteiger partial charge in [0.2, 0.25) is 0 Å². The Bertz CT molecular complexity index is 924. The van der Waals surface area contributed by atoms with E-state index in [0.29, 0.717) is 18.6 Å². The summed E-state index contributed by atoms with van der Waals surface area (Å²) in [5.74, 6) is 0.373. The summed E-state index contributed by atoms with van der Waals surface area (Å²) in [5.41, 5.74) is 3.36. The summed E-state index contributed by atoms with van der Waals surface area (Å²) in [6, 6.07) is 16.1. The Labute approximate surface area is 170 Å². The van der Waals surface area contributed by atoms with E-state index in [1.54, 1.807) is 11.3 Å². The van der Waals surface area contributed by atoms with E-state index in [2.05, 4.69) is 36.2 Å². The van der Waals surface area contributed by atoms with E-state index in [0.717, 1.165) is 34.5 Å². The summed E-state index contributed by atoms with van der Waals surface area (Å²) in [6.45, 7) is 4.13. The molecule has 2 aromatic carbocycles. The van der Waals surface area contributed by atoms with Crippen molar-refractivity contribution in [1.82, 2.24) is 4.98 Å². The summed E-state index contributed by atoms with van der Waals surface area (Å²) in [4.78, 5) is 17.7. The molecule has 0 N–H and O–H groups in total. The van der Waals surface area contributed by atoms with Gasteiger partial charge in [-0.15, -0.1) is 11.3 Å². The first-order chi connectivity index (χ1) is 13.7. The van der Waals surface area contributed by atoms with E-state index in [4.69, 9.17) is 4.74 Å². The molecule has 0 aliphatic rings. The fourth-order valence-corrected chi connectivity index (χ4v) is 3.89. The van der Waals surface area contributed by atoms with E-state index >= 15 is 0 Å². The maximum Gasteiger partial charge on any atom is 0.311 e.